The predicted octanol–water partition coefficient (Wildman–Crippen LogP) is 2.01. The van der Waals surface area contributed by atoms with Gasteiger partial charge in [0.1, 0.15) is 5.78 Å². The van der Waals surface area contributed by atoms with Crippen molar-refractivity contribution in [3.8, 4) is 11.8 Å². The quantitative estimate of drug-likeness (QED) is 0.865. The van der Waals surface area contributed by atoms with Crippen LogP contribution in [-0.2, 0) is 24.2 Å². The number of hydrogen-bond donors (Lipinski definition) is 2. The number of aromatic hydroxyl groups is 2. The molecule has 4 nitrogen and oxygen atoms in total. The Labute approximate surface area is 110 Å². The van der Waals surface area contributed by atoms with Gasteiger partial charge in [-0.25, -0.2) is 0 Å². The molecule has 0 saturated carbocycles. The zero-order valence-corrected chi connectivity index (χ0v) is 10.5. The molecule has 2 aromatic rings. The molecular weight excluding hydrogens is 242 g/mol. The van der Waals surface area contributed by atoms with Crippen LogP contribution in [0.5, 0.6) is 11.8 Å². The molecule has 1 aliphatic rings. The predicted molar refractivity (Wildman–Crippen MR) is 70.3 cm³/mol. The van der Waals surface area contributed by atoms with E-state index >= 15 is 0 Å². The molecule has 98 valence electrons. The average molecular weight is 257 g/mol. The van der Waals surface area contributed by atoms with Crippen molar-refractivity contribution < 1.29 is 15.0 Å². The molecule has 0 amide bonds. The zero-order chi connectivity index (χ0) is 13.4. The molecule has 1 aromatic carbocycles. The van der Waals surface area contributed by atoms with Crippen molar-refractivity contribution >= 4 is 5.78 Å². The van der Waals surface area contributed by atoms with Gasteiger partial charge < -0.3 is 10.2 Å². The molecule has 0 saturated heterocycles. The van der Waals surface area contributed by atoms with Crippen LogP contribution in [-0.4, -0.2) is 20.6 Å². The Balaban J connectivity index is 2.01. The third kappa shape index (κ3) is 1.99. The van der Waals surface area contributed by atoms with E-state index in [1.165, 1.54) is 4.57 Å². The lowest BCUT2D eigenvalue weighted by Gasteiger charge is -2.09. The lowest BCUT2D eigenvalue weighted by Crippen LogP contribution is -2.11. The van der Waals surface area contributed by atoms with Crippen LogP contribution in [0.25, 0.3) is 0 Å². The molecule has 4 heteroatoms. The van der Waals surface area contributed by atoms with Crippen molar-refractivity contribution in [2.24, 2.45) is 0 Å². The van der Waals surface area contributed by atoms with E-state index in [0.717, 1.165) is 5.56 Å². The van der Waals surface area contributed by atoms with Crippen molar-refractivity contribution in [2.75, 3.05) is 0 Å². The Morgan fingerprint density at radius 3 is 2.42 bits per heavy atom. The van der Waals surface area contributed by atoms with Gasteiger partial charge in [0.05, 0.1) is 6.54 Å². The van der Waals surface area contributed by atoms with E-state index in [2.05, 4.69) is 0 Å². The summed E-state index contributed by atoms with van der Waals surface area (Å²) in [6.45, 7) is 0.402. The van der Waals surface area contributed by atoms with Gasteiger partial charge in [0.15, 0.2) is 11.8 Å². The summed E-state index contributed by atoms with van der Waals surface area (Å²) in [5.41, 5.74) is 2.30. The van der Waals surface area contributed by atoms with Gasteiger partial charge >= 0.3 is 0 Å². The summed E-state index contributed by atoms with van der Waals surface area (Å²) in [5.74, 6) is 0.216. The summed E-state index contributed by atoms with van der Waals surface area (Å²) in [4.78, 5) is 11.5. The molecule has 1 aromatic heterocycles. The molecule has 3 rings (SSSR count). The van der Waals surface area contributed by atoms with Crippen LogP contribution in [0.3, 0.4) is 0 Å². The first-order valence-corrected chi connectivity index (χ1v) is 6.34. The zero-order valence-electron chi connectivity index (χ0n) is 10.5. The normalized spacial score (nSPS) is 14.4. The van der Waals surface area contributed by atoms with Crippen molar-refractivity contribution in [2.45, 2.75) is 25.8 Å². The largest absolute Gasteiger partial charge is 0.494 e. The Hall–Kier alpha value is -2.23. The molecule has 0 bridgehead atoms. The maximum atomic E-state index is 11.5. The summed E-state index contributed by atoms with van der Waals surface area (Å²) >= 11 is 0. The number of nitrogens with zero attached hydrogens (tertiary/aromatic N) is 1. The van der Waals surface area contributed by atoms with Crippen LogP contribution in [0.2, 0.25) is 0 Å². The number of carbonyl (C=O) groups is 1. The summed E-state index contributed by atoms with van der Waals surface area (Å²) < 4.78 is 1.47. The minimum atomic E-state index is 0.0180. The lowest BCUT2D eigenvalue weighted by molar-refractivity contribution is -0.118. The van der Waals surface area contributed by atoms with E-state index in [0.29, 0.717) is 30.5 Å². The minimum absolute atomic E-state index is 0.0180. The van der Waals surface area contributed by atoms with Crippen LogP contribution >= 0.6 is 0 Å². The van der Waals surface area contributed by atoms with E-state index in [-0.39, 0.29) is 24.0 Å². The van der Waals surface area contributed by atoms with Crippen molar-refractivity contribution in [1.29, 1.82) is 0 Å². The van der Waals surface area contributed by atoms with E-state index in [4.69, 9.17) is 0 Å². The van der Waals surface area contributed by atoms with E-state index in [1.807, 2.05) is 30.3 Å². The summed E-state index contributed by atoms with van der Waals surface area (Å²) in [7, 11) is 0. The van der Waals surface area contributed by atoms with Gasteiger partial charge in [-0.1, -0.05) is 30.3 Å². The molecule has 1 heterocycles. The Morgan fingerprint density at radius 2 is 1.68 bits per heavy atom. The molecule has 0 spiro atoms. The first-order valence-electron chi connectivity index (χ1n) is 6.34. The summed E-state index contributed by atoms with van der Waals surface area (Å²) in [6.07, 6.45) is 1.17. The number of carbonyl (C=O) groups excluding carboxylic acids is 1. The number of aromatic nitrogens is 1. The van der Waals surface area contributed by atoms with Gasteiger partial charge in [-0.05, 0) is 12.0 Å². The topological polar surface area (TPSA) is 62.5 Å². The Bertz CT molecular complexity index is 629. The molecule has 0 fully saturated rings. The van der Waals surface area contributed by atoms with Crippen LogP contribution in [0.15, 0.2) is 30.3 Å². The Morgan fingerprint density at radius 1 is 1.00 bits per heavy atom. The van der Waals surface area contributed by atoms with Crippen LogP contribution in [0.1, 0.15) is 23.1 Å². The molecule has 0 atom stereocenters. The number of fused-ring (bicyclic) bond motifs is 1. The highest BCUT2D eigenvalue weighted by Crippen LogP contribution is 2.38. The number of benzene rings is 1. The fraction of sp³-hybridized carbons (Fsp3) is 0.267. The SMILES string of the molecule is O=C1CCc2c(c(O)n(Cc3ccccc3)c2O)C1. The first kappa shape index (κ1) is 11.8. The Kier molecular flexibility index (Phi) is 2.78. The lowest BCUT2D eigenvalue weighted by atomic mass is 9.94. The van der Waals surface area contributed by atoms with Crippen molar-refractivity contribution in [3.05, 3.63) is 47.0 Å². The second-order valence-electron chi connectivity index (χ2n) is 4.89. The van der Waals surface area contributed by atoms with Gasteiger partial charge in [0.2, 0.25) is 0 Å². The average Bonchev–Trinajstić information content (AvgIpc) is 2.65. The highest BCUT2D eigenvalue weighted by Gasteiger charge is 2.27. The number of Topliss-reactive ketones (excluding diaryl/α,β-unsaturated/α-hetero) is 1. The first-order chi connectivity index (χ1) is 9.16. The number of rotatable bonds is 2. The highest BCUT2D eigenvalue weighted by molar-refractivity contribution is 5.84. The molecule has 1 aliphatic carbocycles. The van der Waals surface area contributed by atoms with Gasteiger partial charge in [-0.3, -0.25) is 9.36 Å². The van der Waals surface area contributed by atoms with Gasteiger partial charge in [-0.2, -0.15) is 0 Å². The van der Waals surface area contributed by atoms with E-state index in [9.17, 15) is 15.0 Å². The minimum Gasteiger partial charge on any atom is -0.494 e. The molecule has 2 N–H and O–H groups in total. The van der Waals surface area contributed by atoms with Crippen molar-refractivity contribution in [1.82, 2.24) is 4.57 Å². The highest BCUT2D eigenvalue weighted by atomic mass is 16.3. The maximum absolute atomic E-state index is 11.5. The standard InChI is InChI=1S/C15H15NO3/c17-11-6-7-12-13(8-11)15(19)16(14(12)18)9-10-4-2-1-3-5-10/h1-5,18-19H,6-9H2. The summed E-state index contributed by atoms with van der Waals surface area (Å²) in [5, 5.41) is 20.4. The number of ketones is 1. The third-order valence-corrected chi connectivity index (χ3v) is 3.63. The molecule has 0 aliphatic heterocycles. The third-order valence-electron chi connectivity index (χ3n) is 3.63. The smallest absolute Gasteiger partial charge is 0.198 e. The van der Waals surface area contributed by atoms with Crippen molar-refractivity contribution in [3.63, 3.8) is 0 Å². The van der Waals surface area contributed by atoms with Gasteiger partial charge in [0.25, 0.3) is 0 Å². The second-order valence-corrected chi connectivity index (χ2v) is 4.89. The van der Waals surface area contributed by atoms with Crippen LogP contribution < -0.4 is 0 Å². The maximum Gasteiger partial charge on any atom is 0.198 e. The van der Waals surface area contributed by atoms with E-state index in [1.54, 1.807) is 0 Å². The number of hydrogen-bond acceptors (Lipinski definition) is 3. The molecule has 0 unspecified atom stereocenters. The fourth-order valence-electron chi connectivity index (χ4n) is 2.61. The molecular formula is C15H15NO3. The monoisotopic (exact) mass is 257 g/mol. The van der Waals surface area contributed by atoms with Gasteiger partial charge in [-0.15, -0.1) is 0 Å². The second kappa shape index (κ2) is 4.46. The molecule has 0 radical (unpaired) electrons. The van der Waals surface area contributed by atoms with E-state index < -0.39 is 0 Å². The molecule has 19 heavy (non-hydrogen) atoms. The van der Waals surface area contributed by atoms with Gasteiger partial charge in [0, 0.05) is 24.0 Å². The fourth-order valence-corrected chi connectivity index (χ4v) is 2.61. The van der Waals surface area contributed by atoms with Crippen LogP contribution in [0, 0.1) is 0 Å². The van der Waals surface area contributed by atoms with Crippen LogP contribution in [0.4, 0.5) is 0 Å². The summed E-state index contributed by atoms with van der Waals surface area (Å²) in [6, 6.07) is 9.61.